The number of benzene rings is 1. The van der Waals surface area contributed by atoms with Gasteiger partial charge >= 0.3 is 0 Å². The first kappa shape index (κ1) is 14.1. The van der Waals surface area contributed by atoms with Crippen LogP contribution in [0.2, 0.25) is 0 Å². The molecule has 0 unspecified atom stereocenters. The molecule has 1 aliphatic rings. The van der Waals surface area contributed by atoms with Crippen LogP contribution in [0.1, 0.15) is 0 Å². The second kappa shape index (κ2) is 5.62. The normalized spacial score (nSPS) is 16.2. The van der Waals surface area contributed by atoms with Crippen LogP contribution in [0.4, 0.5) is 10.2 Å². The lowest BCUT2D eigenvalue weighted by atomic mass is 10.1. The Morgan fingerprint density at radius 3 is 2.48 bits per heavy atom. The Hall–Kier alpha value is -2.47. The van der Waals surface area contributed by atoms with Crippen molar-refractivity contribution in [3.8, 4) is 11.3 Å². The van der Waals surface area contributed by atoms with Crippen molar-refractivity contribution >= 4 is 11.5 Å². The predicted molar refractivity (Wildman–Crippen MR) is 88.1 cm³/mol. The third-order valence-electron chi connectivity index (χ3n) is 4.35. The average Bonchev–Trinajstić information content (AvgIpc) is 3.05. The number of piperazine rings is 1. The van der Waals surface area contributed by atoms with Gasteiger partial charge in [-0.05, 0) is 31.3 Å². The van der Waals surface area contributed by atoms with E-state index in [2.05, 4.69) is 26.8 Å². The van der Waals surface area contributed by atoms with Crippen molar-refractivity contribution in [3.05, 3.63) is 48.7 Å². The zero-order valence-corrected chi connectivity index (χ0v) is 13.0. The molecule has 118 valence electrons. The van der Waals surface area contributed by atoms with Crippen molar-refractivity contribution < 1.29 is 4.39 Å². The van der Waals surface area contributed by atoms with Gasteiger partial charge in [0.25, 0.3) is 0 Å². The van der Waals surface area contributed by atoms with Crippen molar-refractivity contribution in [1.82, 2.24) is 19.3 Å². The zero-order chi connectivity index (χ0) is 15.8. The summed E-state index contributed by atoms with van der Waals surface area (Å²) in [7, 11) is 2.13. The number of hydrogen-bond acceptors (Lipinski definition) is 4. The van der Waals surface area contributed by atoms with Gasteiger partial charge in [0, 0.05) is 44.1 Å². The summed E-state index contributed by atoms with van der Waals surface area (Å²) >= 11 is 0. The quantitative estimate of drug-likeness (QED) is 0.727. The fourth-order valence-corrected chi connectivity index (χ4v) is 2.98. The Morgan fingerprint density at radius 2 is 1.74 bits per heavy atom. The van der Waals surface area contributed by atoms with E-state index in [1.54, 1.807) is 18.3 Å². The van der Waals surface area contributed by atoms with Crippen LogP contribution in [-0.4, -0.2) is 52.5 Å². The summed E-state index contributed by atoms with van der Waals surface area (Å²) in [5.41, 5.74) is 2.68. The first-order chi connectivity index (χ1) is 11.2. The van der Waals surface area contributed by atoms with Gasteiger partial charge in [-0.1, -0.05) is 0 Å². The second-order valence-corrected chi connectivity index (χ2v) is 5.89. The molecule has 6 heteroatoms. The van der Waals surface area contributed by atoms with Crippen LogP contribution >= 0.6 is 0 Å². The van der Waals surface area contributed by atoms with Gasteiger partial charge in [0.2, 0.25) is 0 Å². The minimum absolute atomic E-state index is 0.238. The molecule has 0 amide bonds. The van der Waals surface area contributed by atoms with Crippen molar-refractivity contribution in [2.24, 2.45) is 0 Å². The zero-order valence-electron chi connectivity index (χ0n) is 13.0. The Morgan fingerprint density at radius 1 is 1.00 bits per heavy atom. The molecule has 1 aromatic carbocycles. The molecule has 0 aliphatic carbocycles. The highest BCUT2D eigenvalue weighted by Crippen LogP contribution is 2.25. The minimum atomic E-state index is -0.238. The molecule has 3 aromatic rings. The molecule has 2 aromatic heterocycles. The summed E-state index contributed by atoms with van der Waals surface area (Å²) in [5.74, 6) is 0.673. The minimum Gasteiger partial charge on any atom is -0.351 e. The maximum Gasteiger partial charge on any atom is 0.180 e. The topological polar surface area (TPSA) is 36.7 Å². The van der Waals surface area contributed by atoms with E-state index in [-0.39, 0.29) is 5.82 Å². The molecular formula is C17H18FN5. The third-order valence-corrected chi connectivity index (χ3v) is 4.35. The highest BCUT2D eigenvalue weighted by Gasteiger charge is 2.19. The molecule has 0 spiro atoms. The number of imidazole rings is 1. The van der Waals surface area contributed by atoms with Gasteiger partial charge in [-0.3, -0.25) is 4.40 Å². The maximum atomic E-state index is 13.1. The predicted octanol–water partition coefficient (Wildman–Crippen LogP) is 2.29. The van der Waals surface area contributed by atoms with Gasteiger partial charge in [0.15, 0.2) is 11.5 Å². The Balaban J connectivity index is 1.77. The summed E-state index contributed by atoms with van der Waals surface area (Å²) in [6, 6.07) is 6.46. The summed E-state index contributed by atoms with van der Waals surface area (Å²) in [6.07, 6.45) is 5.55. The van der Waals surface area contributed by atoms with Gasteiger partial charge < -0.3 is 9.80 Å². The average molecular weight is 311 g/mol. The summed E-state index contributed by atoms with van der Waals surface area (Å²) in [6.45, 7) is 3.94. The molecule has 1 saturated heterocycles. The van der Waals surface area contributed by atoms with Gasteiger partial charge in [0.05, 0.1) is 11.9 Å². The van der Waals surface area contributed by atoms with E-state index >= 15 is 0 Å². The summed E-state index contributed by atoms with van der Waals surface area (Å²) < 4.78 is 15.2. The lowest BCUT2D eigenvalue weighted by Crippen LogP contribution is -2.45. The van der Waals surface area contributed by atoms with Crippen molar-refractivity contribution in [2.45, 2.75) is 0 Å². The van der Waals surface area contributed by atoms with E-state index in [0.29, 0.717) is 0 Å². The lowest BCUT2D eigenvalue weighted by Gasteiger charge is -2.33. The van der Waals surface area contributed by atoms with Gasteiger partial charge in [0.1, 0.15) is 5.82 Å². The number of rotatable bonds is 2. The van der Waals surface area contributed by atoms with Crippen molar-refractivity contribution in [1.29, 1.82) is 0 Å². The van der Waals surface area contributed by atoms with Crippen LogP contribution in [0, 0.1) is 5.82 Å². The number of likely N-dealkylation sites (N-methyl/N-ethyl adjacent to an activating group) is 1. The largest absolute Gasteiger partial charge is 0.351 e. The van der Waals surface area contributed by atoms with Crippen molar-refractivity contribution in [2.75, 3.05) is 38.1 Å². The number of halogens is 1. The standard InChI is InChI=1S/C17H18FN5/c1-21-8-10-22(11-9-21)16-17-19-6-7-23(17)15(12-20-16)13-2-4-14(18)5-3-13/h2-7,12H,8-11H2,1H3. The third kappa shape index (κ3) is 2.55. The van der Waals surface area contributed by atoms with Crippen LogP contribution in [-0.2, 0) is 0 Å². The van der Waals surface area contributed by atoms with Crippen LogP contribution in [0.15, 0.2) is 42.9 Å². The van der Waals surface area contributed by atoms with E-state index in [4.69, 9.17) is 0 Å². The molecule has 0 radical (unpaired) electrons. The Kier molecular flexibility index (Phi) is 3.46. The monoisotopic (exact) mass is 311 g/mol. The molecule has 1 fully saturated rings. The fraction of sp³-hybridized carbons (Fsp3) is 0.294. The van der Waals surface area contributed by atoms with Crippen LogP contribution in [0.25, 0.3) is 16.9 Å². The Bertz CT molecular complexity index is 819. The van der Waals surface area contributed by atoms with E-state index in [9.17, 15) is 4.39 Å². The highest BCUT2D eigenvalue weighted by molar-refractivity contribution is 5.71. The molecule has 5 nitrogen and oxygen atoms in total. The maximum absolute atomic E-state index is 13.1. The molecule has 23 heavy (non-hydrogen) atoms. The number of nitrogens with zero attached hydrogens (tertiary/aromatic N) is 5. The first-order valence-electron chi connectivity index (χ1n) is 7.74. The van der Waals surface area contributed by atoms with Gasteiger partial charge in [-0.2, -0.15) is 0 Å². The molecule has 1 aliphatic heterocycles. The van der Waals surface area contributed by atoms with Gasteiger partial charge in [-0.25, -0.2) is 14.4 Å². The van der Waals surface area contributed by atoms with Gasteiger partial charge in [-0.15, -0.1) is 0 Å². The van der Waals surface area contributed by atoms with E-state index < -0.39 is 0 Å². The van der Waals surface area contributed by atoms with E-state index in [0.717, 1.165) is 48.9 Å². The fourth-order valence-electron chi connectivity index (χ4n) is 2.98. The van der Waals surface area contributed by atoms with Crippen LogP contribution in [0.3, 0.4) is 0 Å². The highest BCUT2D eigenvalue weighted by atomic mass is 19.1. The summed E-state index contributed by atoms with van der Waals surface area (Å²) in [5, 5.41) is 0. The molecule has 0 N–H and O–H groups in total. The molecular weight excluding hydrogens is 293 g/mol. The van der Waals surface area contributed by atoms with E-state index in [1.807, 2.05) is 16.8 Å². The Labute approximate surface area is 134 Å². The molecule has 3 heterocycles. The smallest absolute Gasteiger partial charge is 0.180 e. The number of hydrogen-bond donors (Lipinski definition) is 0. The molecule has 0 saturated carbocycles. The molecule has 0 atom stereocenters. The lowest BCUT2D eigenvalue weighted by molar-refractivity contribution is 0.312. The van der Waals surface area contributed by atoms with E-state index in [1.165, 1.54) is 12.1 Å². The number of anilines is 1. The molecule has 4 rings (SSSR count). The van der Waals surface area contributed by atoms with Crippen LogP contribution < -0.4 is 4.90 Å². The summed E-state index contributed by atoms with van der Waals surface area (Å²) in [4.78, 5) is 13.7. The number of fused-ring (bicyclic) bond motifs is 1. The SMILES string of the molecule is CN1CCN(c2ncc(-c3ccc(F)cc3)n3ccnc23)CC1. The molecule has 0 bridgehead atoms. The second-order valence-electron chi connectivity index (χ2n) is 5.89. The van der Waals surface area contributed by atoms with Crippen molar-refractivity contribution in [3.63, 3.8) is 0 Å². The first-order valence-corrected chi connectivity index (χ1v) is 7.74. The number of aromatic nitrogens is 3. The van der Waals surface area contributed by atoms with Crippen LogP contribution in [0.5, 0.6) is 0 Å².